The number of fused-ring (bicyclic) bond motifs is 1. The summed E-state index contributed by atoms with van der Waals surface area (Å²) >= 11 is 0. The van der Waals surface area contributed by atoms with E-state index < -0.39 is 4.92 Å². The van der Waals surface area contributed by atoms with Crippen molar-refractivity contribution in [1.82, 2.24) is 9.97 Å². The van der Waals surface area contributed by atoms with Crippen LogP contribution < -0.4 is 4.74 Å². The minimum Gasteiger partial charge on any atom is -0.466 e. The number of ether oxygens (including phenoxy) is 2. The summed E-state index contributed by atoms with van der Waals surface area (Å²) in [7, 11) is 0. The zero-order valence-electron chi connectivity index (χ0n) is 14.6. The summed E-state index contributed by atoms with van der Waals surface area (Å²) in [5.74, 6) is 0.322. The number of para-hydroxylation sites is 2. The molecule has 0 atom stereocenters. The number of non-ortho nitro benzene ring substituents is 1. The summed E-state index contributed by atoms with van der Waals surface area (Å²) in [6.07, 6.45) is 0.455. The number of aryl methyl sites for hydroxylation is 1. The van der Waals surface area contributed by atoms with Gasteiger partial charge < -0.3 is 9.47 Å². The Morgan fingerprint density at radius 1 is 1.07 bits per heavy atom. The van der Waals surface area contributed by atoms with Crippen LogP contribution in [-0.2, 0) is 16.0 Å². The zero-order chi connectivity index (χ0) is 19.2. The number of carbonyl (C=O) groups is 1. The van der Waals surface area contributed by atoms with Gasteiger partial charge >= 0.3 is 5.97 Å². The summed E-state index contributed by atoms with van der Waals surface area (Å²) in [6, 6.07) is 13.0. The van der Waals surface area contributed by atoms with Crippen molar-refractivity contribution < 1.29 is 19.2 Å². The molecule has 1 heterocycles. The number of aromatic nitrogens is 2. The van der Waals surface area contributed by atoms with Gasteiger partial charge in [0, 0.05) is 18.6 Å². The van der Waals surface area contributed by atoms with Gasteiger partial charge in [0.05, 0.1) is 29.0 Å². The average Bonchev–Trinajstić information content (AvgIpc) is 2.67. The molecule has 8 heteroatoms. The van der Waals surface area contributed by atoms with E-state index in [4.69, 9.17) is 9.47 Å². The number of rotatable bonds is 7. The Morgan fingerprint density at radius 3 is 2.37 bits per heavy atom. The lowest BCUT2D eigenvalue weighted by molar-refractivity contribution is -0.384. The van der Waals surface area contributed by atoms with E-state index in [1.54, 1.807) is 13.0 Å². The Labute approximate surface area is 154 Å². The SMILES string of the molecule is CCOC(=O)CCc1nc2ccccc2nc1Oc1ccc([N+](=O)[O-])cc1. The van der Waals surface area contributed by atoms with Crippen molar-refractivity contribution in [3.63, 3.8) is 0 Å². The maximum absolute atomic E-state index is 11.7. The molecule has 0 saturated heterocycles. The first-order valence-electron chi connectivity index (χ1n) is 8.40. The van der Waals surface area contributed by atoms with Gasteiger partial charge in [0.15, 0.2) is 0 Å². The van der Waals surface area contributed by atoms with Crippen LogP contribution in [0.15, 0.2) is 48.5 Å². The summed E-state index contributed by atoms with van der Waals surface area (Å²) in [5.41, 5.74) is 1.82. The molecular formula is C19H17N3O5. The third-order valence-electron chi connectivity index (χ3n) is 3.74. The highest BCUT2D eigenvalue weighted by molar-refractivity contribution is 5.75. The highest BCUT2D eigenvalue weighted by atomic mass is 16.6. The summed E-state index contributed by atoms with van der Waals surface area (Å²) < 4.78 is 10.7. The van der Waals surface area contributed by atoms with E-state index in [0.717, 1.165) is 0 Å². The molecule has 0 unspecified atom stereocenters. The van der Waals surface area contributed by atoms with Crippen molar-refractivity contribution >= 4 is 22.7 Å². The van der Waals surface area contributed by atoms with Crippen LogP contribution in [0.25, 0.3) is 11.0 Å². The highest BCUT2D eigenvalue weighted by Crippen LogP contribution is 2.27. The van der Waals surface area contributed by atoms with Gasteiger partial charge in [-0.05, 0) is 31.2 Å². The summed E-state index contributed by atoms with van der Waals surface area (Å²) in [6.45, 7) is 2.06. The van der Waals surface area contributed by atoms with Gasteiger partial charge in [-0.2, -0.15) is 0 Å². The fourth-order valence-electron chi connectivity index (χ4n) is 2.47. The van der Waals surface area contributed by atoms with Gasteiger partial charge in [-0.25, -0.2) is 9.97 Å². The third kappa shape index (κ3) is 4.55. The molecule has 0 fully saturated rings. The molecule has 0 bridgehead atoms. The van der Waals surface area contributed by atoms with Crippen LogP contribution in [0.3, 0.4) is 0 Å². The highest BCUT2D eigenvalue weighted by Gasteiger charge is 2.14. The number of hydrogen-bond donors (Lipinski definition) is 0. The van der Waals surface area contributed by atoms with E-state index in [2.05, 4.69) is 9.97 Å². The average molecular weight is 367 g/mol. The van der Waals surface area contributed by atoms with Gasteiger partial charge in [0.25, 0.3) is 5.69 Å². The molecule has 138 valence electrons. The van der Waals surface area contributed by atoms with Crippen molar-refractivity contribution in [1.29, 1.82) is 0 Å². The number of nitrogens with zero attached hydrogens (tertiary/aromatic N) is 3. The van der Waals surface area contributed by atoms with Crippen LogP contribution in [-0.4, -0.2) is 27.5 Å². The molecule has 8 nitrogen and oxygen atoms in total. The molecule has 3 aromatic rings. The van der Waals surface area contributed by atoms with E-state index >= 15 is 0 Å². The minimum absolute atomic E-state index is 0.0329. The molecule has 1 aromatic heterocycles. The van der Waals surface area contributed by atoms with Crippen molar-refractivity contribution in [2.24, 2.45) is 0 Å². The Bertz CT molecular complexity index is 973. The Balaban J connectivity index is 1.89. The second kappa shape index (κ2) is 8.22. The van der Waals surface area contributed by atoms with Gasteiger partial charge in [0.2, 0.25) is 5.88 Å². The minimum atomic E-state index is -0.482. The number of hydrogen-bond acceptors (Lipinski definition) is 7. The van der Waals surface area contributed by atoms with E-state index in [0.29, 0.717) is 35.5 Å². The lowest BCUT2D eigenvalue weighted by Gasteiger charge is -2.11. The zero-order valence-corrected chi connectivity index (χ0v) is 14.6. The molecule has 0 spiro atoms. The topological polar surface area (TPSA) is 104 Å². The van der Waals surface area contributed by atoms with Crippen molar-refractivity contribution in [2.45, 2.75) is 19.8 Å². The second-order valence-corrected chi connectivity index (χ2v) is 5.62. The summed E-state index contributed by atoms with van der Waals surface area (Å²) in [4.78, 5) is 31.0. The van der Waals surface area contributed by atoms with Gasteiger partial charge in [0.1, 0.15) is 11.4 Å². The van der Waals surface area contributed by atoms with Crippen LogP contribution in [0.4, 0.5) is 5.69 Å². The molecule has 27 heavy (non-hydrogen) atoms. The van der Waals surface area contributed by atoms with Crippen molar-refractivity contribution in [2.75, 3.05) is 6.61 Å². The lowest BCUT2D eigenvalue weighted by atomic mass is 10.2. The van der Waals surface area contributed by atoms with Crippen LogP contribution in [0.2, 0.25) is 0 Å². The summed E-state index contributed by atoms with van der Waals surface area (Å²) in [5, 5.41) is 10.8. The first kappa shape index (κ1) is 18.2. The molecule has 3 rings (SSSR count). The van der Waals surface area contributed by atoms with E-state index in [9.17, 15) is 14.9 Å². The largest absolute Gasteiger partial charge is 0.466 e. The normalized spacial score (nSPS) is 10.6. The predicted molar refractivity (Wildman–Crippen MR) is 97.7 cm³/mol. The lowest BCUT2D eigenvalue weighted by Crippen LogP contribution is -2.07. The fraction of sp³-hybridized carbons (Fsp3) is 0.211. The van der Waals surface area contributed by atoms with Crippen molar-refractivity contribution in [3.8, 4) is 11.6 Å². The molecule has 0 aliphatic heterocycles. The molecule has 0 radical (unpaired) electrons. The van der Waals surface area contributed by atoms with Crippen molar-refractivity contribution in [3.05, 3.63) is 64.3 Å². The number of carbonyl (C=O) groups excluding carboxylic acids is 1. The standard InChI is InChI=1S/C19H17N3O5/c1-2-26-18(23)12-11-17-19(21-16-6-4-3-5-15(16)20-17)27-14-9-7-13(8-10-14)22(24)25/h3-10H,2,11-12H2,1H3. The Hall–Kier alpha value is -3.55. The maximum atomic E-state index is 11.7. The van der Waals surface area contributed by atoms with E-state index in [1.165, 1.54) is 24.3 Å². The first-order valence-corrected chi connectivity index (χ1v) is 8.40. The first-order chi connectivity index (χ1) is 13.1. The molecular weight excluding hydrogens is 350 g/mol. The maximum Gasteiger partial charge on any atom is 0.306 e. The van der Waals surface area contributed by atoms with Gasteiger partial charge in [-0.1, -0.05) is 12.1 Å². The smallest absolute Gasteiger partial charge is 0.306 e. The molecule has 0 aliphatic rings. The van der Waals surface area contributed by atoms with Gasteiger partial charge in [-0.3, -0.25) is 14.9 Å². The number of nitro groups is 1. The molecule has 0 saturated carbocycles. The van der Waals surface area contributed by atoms with Crippen LogP contribution in [0.1, 0.15) is 19.0 Å². The van der Waals surface area contributed by atoms with E-state index in [1.807, 2.05) is 18.2 Å². The van der Waals surface area contributed by atoms with Crippen LogP contribution in [0, 0.1) is 10.1 Å². The number of benzene rings is 2. The quantitative estimate of drug-likeness (QED) is 0.355. The molecule has 0 N–H and O–H groups in total. The predicted octanol–water partition coefficient (Wildman–Crippen LogP) is 3.83. The molecule has 2 aromatic carbocycles. The van der Waals surface area contributed by atoms with E-state index in [-0.39, 0.29) is 24.0 Å². The van der Waals surface area contributed by atoms with Crippen LogP contribution >= 0.6 is 0 Å². The Kier molecular flexibility index (Phi) is 5.55. The van der Waals surface area contributed by atoms with Gasteiger partial charge in [-0.15, -0.1) is 0 Å². The molecule has 0 amide bonds. The van der Waals surface area contributed by atoms with Crippen LogP contribution in [0.5, 0.6) is 11.6 Å². The number of esters is 1. The second-order valence-electron chi connectivity index (χ2n) is 5.62. The number of nitro benzene ring substituents is 1. The fourth-order valence-corrected chi connectivity index (χ4v) is 2.47. The Morgan fingerprint density at radius 2 is 1.74 bits per heavy atom. The third-order valence-corrected chi connectivity index (χ3v) is 3.74. The molecule has 0 aliphatic carbocycles. The monoisotopic (exact) mass is 367 g/mol.